The van der Waals surface area contributed by atoms with Crippen LogP contribution in [0.3, 0.4) is 0 Å². The first-order valence-electron chi connectivity index (χ1n) is 6.07. The normalized spacial score (nSPS) is 34.1. The second-order valence-corrected chi connectivity index (χ2v) is 6.21. The predicted molar refractivity (Wildman–Crippen MR) is 63.3 cm³/mol. The molecule has 7 heteroatoms. The number of fused-ring (bicyclic) bond motifs is 3. The summed E-state index contributed by atoms with van der Waals surface area (Å²) < 4.78 is 0. The minimum atomic E-state index is -1.26. The van der Waals surface area contributed by atoms with Gasteiger partial charge < -0.3 is 19.9 Å². The van der Waals surface area contributed by atoms with Crippen molar-refractivity contribution < 1.29 is 49.4 Å². The number of thioether (sulfide) groups is 1. The van der Waals surface area contributed by atoms with Gasteiger partial charge in [0.2, 0.25) is 5.91 Å². The fourth-order valence-electron chi connectivity index (χ4n) is 3.37. The van der Waals surface area contributed by atoms with E-state index in [1.807, 2.05) is 0 Å². The number of β-lactam (4-membered cyclic amide) rings is 1. The monoisotopic (exact) mass is 291 g/mol. The second-order valence-electron chi connectivity index (χ2n) is 5.06. The Bertz CT molecular complexity index is 465. The first kappa shape index (κ1) is 15.4. The van der Waals surface area contributed by atoms with Crippen molar-refractivity contribution in [1.29, 1.82) is 0 Å². The van der Waals surface area contributed by atoms with Crippen LogP contribution in [0, 0.1) is 11.8 Å². The molecular formula is C12H14NNaO4S. The quantitative estimate of drug-likeness (QED) is 0.414. The molecule has 1 amide bonds. The number of hydrogen-bond acceptors (Lipinski definition) is 5. The molecule has 3 aliphatic rings. The maximum absolute atomic E-state index is 12.0. The van der Waals surface area contributed by atoms with Gasteiger partial charge in [0.05, 0.1) is 29.7 Å². The molecule has 3 heterocycles. The molecule has 3 aliphatic heterocycles. The fraction of sp³-hybridized carbons (Fsp3) is 0.667. The van der Waals surface area contributed by atoms with Crippen molar-refractivity contribution >= 4 is 23.6 Å². The van der Waals surface area contributed by atoms with Gasteiger partial charge >= 0.3 is 29.6 Å². The number of hydrogen-bond donors (Lipinski definition) is 1. The molecule has 2 saturated heterocycles. The standard InChI is InChI=1S/C12H15NO4S.Na/c1-5(14)8-9-7-4-18-3-2-6(7)10(12(16)17)13(9)11(8)15;/h5,7-9,14H,2-4H2,1H3,(H,16,17);/q;+1/p-1/t5-,7-,8-,9-;/m1./s1. The van der Waals surface area contributed by atoms with E-state index >= 15 is 0 Å². The zero-order valence-corrected chi connectivity index (χ0v) is 13.8. The van der Waals surface area contributed by atoms with Crippen LogP contribution in [0.1, 0.15) is 13.3 Å². The maximum atomic E-state index is 12.0. The van der Waals surface area contributed by atoms with Gasteiger partial charge in [0.15, 0.2) is 0 Å². The Kier molecular flexibility index (Phi) is 4.38. The van der Waals surface area contributed by atoms with Gasteiger partial charge in [-0.2, -0.15) is 11.8 Å². The van der Waals surface area contributed by atoms with Gasteiger partial charge in [-0.3, -0.25) is 4.79 Å². The molecule has 0 radical (unpaired) electrons. The third kappa shape index (κ3) is 2.08. The van der Waals surface area contributed by atoms with E-state index in [9.17, 15) is 19.8 Å². The number of aliphatic carboxylic acids is 1. The Labute approximate surface area is 137 Å². The van der Waals surface area contributed by atoms with E-state index in [0.717, 1.165) is 17.1 Å². The second kappa shape index (κ2) is 5.41. The molecule has 0 aromatic carbocycles. The van der Waals surface area contributed by atoms with E-state index in [2.05, 4.69) is 0 Å². The van der Waals surface area contributed by atoms with Crippen molar-refractivity contribution in [2.75, 3.05) is 11.5 Å². The van der Waals surface area contributed by atoms with Crippen molar-refractivity contribution in [1.82, 2.24) is 4.90 Å². The number of carbonyl (C=O) groups is 2. The Balaban J connectivity index is 0.00000133. The van der Waals surface area contributed by atoms with Crippen molar-refractivity contribution in [3.8, 4) is 0 Å². The number of aliphatic hydroxyl groups excluding tert-OH is 1. The van der Waals surface area contributed by atoms with Gasteiger partial charge in [0.25, 0.3) is 0 Å². The number of rotatable bonds is 2. The van der Waals surface area contributed by atoms with Crippen LogP contribution in [0.15, 0.2) is 11.3 Å². The number of carboxylic acids is 1. The summed E-state index contributed by atoms with van der Waals surface area (Å²) in [5, 5.41) is 20.9. The maximum Gasteiger partial charge on any atom is 1.00 e. The summed E-state index contributed by atoms with van der Waals surface area (Å²) in [5.41, 5.74) is 0.919. The molecule has 4 atom stereocenters. The van der Waals surface area contributed by atoms with Crippen molar-refractivity contribution in [2.24, 2.45) is 11.8 Å². The Morgan fingerprint density at radius 1 is 1.58 bits per heavy atom. The summed E-state index contributed by atoms with van der Waals surface area (Å²) in [7, 11) is 0. The van der Waals surface area contributed by atoms with Crippen LogP contribution in [0.5, 0.6) is 0 Å². The zero-order valence-electron chi connectivity index (χ0n) is 11.0. The van der Waals surface area contributed by atoms with Crippen molar-refractivity contribution in [3.63, 3.8) is 0 Å². The summed E-state index contributed by atoms with van der Waals surface area (Å²) in [6.07, 6.45) is -0.0288. The minimum Gasteiger partial charge on any atom is -0.543 e. The van der Waals surface area contributed by atoms with Crippen LogP contribution >= 0.6 is 11.8 Å². The number of carboxylic acid groups (broad SMARTS) is 1. The molecule has 1 N–H and O–H groups in total. The molecule has 0 aromatic heterocycles. The Morgan fingerprint density at radius 3 is 2.84 bits per heavy atom. The zero-order chi connectivity index (χ0) is 13.0. The van der Waals surface area contributed by atoms with E-state index in [1.165, 1.54) is 4.90 Å². The number of nitrogens with zero attached hydrogens (tertiary/aromatic N) is 1. The molecule has 0 spiro atoms. The molecule has 0 saturated carbocycles. The summed E-state index contributed by atoms with van der Waals surface area (Å²) in [4.78, 5) is 24.6. The fourth-order valence-corrected chi connectivity index (χ4v) is 4.56. The third-order valence-electron chi connectivity index (χ3n) is 4.12. The Morgan fingerprint density at radius 2 is 2.26 bits per heavy atom. The molecule has 2 fully saturated rings. The van der Waals surface area contributed by atoms with E-state index in [1.54, 1.807) is 18.7 Å². The largest absolute Gasteiger partial charge is 1.00 e. The molecule has 0 unspecified atom stereocenters. The van der Waals surface area contributed by atoms with Crippen LogP contribution < -0.4 is 34.7 Å². The van der Waals surface area contributed by atoms with Gasteiger partial charge in [-0.05, 0) is 24.7 Å². The number of aliphatic hydroxyl groups is 1. The molecule has 19 heavy (non-hydrogen) atoms. The number of carbonyl (C=O) groups excluding carboxylic acids is 2. The third-order valence-corrected chi connectivity index (χ3v) is 5.21. The van der Waals surface area contributed by atoms with E-state index in [-0.39, 0.29) is 53.1 Å². The summed E-state index contributed by atoms with van der Waals surface area (Å²) in [6, 6.07) is -0.173. The predicted octanol–water partition coefficient (Wildman–Crippen LogP) is -4.03. The average Bonchev–Trinajstić information content (AvgIpc) is 2.60. The first-order valence-corrected chi connectivity index (χ1v) is 7.22. The van der Waals surface area contributed by atoms with Gasteiger partial charge in [0, 0.05) is 11.7 Å². The Hall–Kier alpha value is -0.01000. The van der Waals surface area contributed by atoms with Crippen LogP contribution in [0.25, 0.3) is 0 Å². The van der Waals surface area contributed by atoms with Gasteiger partial charge in [-0.1, -0.05) is 0 Å². The minimum absolute atomic E-state index is 0. The molecule has 98 valence electrons. The van der Waals surface area contributed by atoms with Gasteiger partial charge in [-0.25, -0.2) is 0 Å². The van der Waals surface area contributed by atoms with E-state index in [4.69, 9.17) is 0 Å². The number of amides is 1. The molecular weight excluding hydrogens is 277 g/mol. The first-order chi connectivity index (χ1) is 8.54. The molecule has 5 nitrogen and oxygen atoms in total. The van der Waals surface area contributed by atoms with Crippen molar-refractivity contribution in [2.45, 2.75) is 25.5 Å². The molecule has 0 bridgehead atoms. The van der Waals surface area contributed by atoms with E-state index in [0.29, 0.717) is 6.42 Å². The van der Waals surface area contributed by atoms with Gasteiger partial charge in [0.1, 0.15) is 0 Å². The SMILES string of the molecule is C[C@@H](O)[C@H]1C(=O)N2C(C(=O)[O-])=C3CCSC[C@H]3[C@H]12.[Na+]. The summed E-state index contributed by atoms with van der Waals surface area (Å²) in [6.45, 7) is 1.59. The average molecular weight is 291 g/mol. The topological polar surface area (TPSA) is 80.7 Å². The van der Waals surface area contributed by atoms with Crippen LogP contribution in [-0.4, -0.2) is 45.5 Å². The summed E-state index contributed by atoms with van der Waals surface area (Å²) in [5.74, 6) is -0.210. The van der Waals surface area contributed by atoms with Crippen LogP contribution in [-0.2, 0) is 9.59 Å². The molecule has 3 rings (SSSR count). The molecule has 0 aromatic rings. The van der Waals surface area contributed by atoms with Gasteiger partial charge in [-0.15, -0.1) is 0 Å². The molecule has 0 aliphatic carbocycles. The van der Waals surface area contributed by atoms with E-state index < -0.39 is 18.0 Å². The van der Waals surface area contributed by atoms with Crippen molar-refractivity contribution in [3.05, 3.63) is 11.3 Å². The summed E-state index contributed by atoms with van der Waals surface area (Å²) >= 11 is 1.77. The smallest absolute Gasteiger partial charge is 0.543 e. The van der Waals surface area contributed by atoms with Crippen LogP contribution in [0.2, 0.25) is 0 Å². The van der Waals surface area contributed by atoms with Crippen LogP contribution in [0.4, 0.5) is 0 Å².